The Hall–Kier alpha value is -3.29. The topological polar surface area (TPSA) is 169 Å². The van der Waals surface area contributed by atoms with E-state index >= 15 is 0 Å². The van der Waals surface area contributed by atoms with E-state index in [2.05, 4.69) is 96.1 Å². The van der Waals surface area contributed by atoms with Gasteiger partial charge in [-0.25, -0.2) is 0 Å². The molecule has 5 rings (SSSR count). The molecule has 1 amide bonds. The maximum absolute atomic E-state index is 14.4. The maximum atomic E-state index is 14.4. The Labute approximate surface area is 471 Å². The van der Waals surface area contributed by atoms with Gasteiger partial charge in [0, 0.05) is 24.9 Å². The van der Waals surface area contributed by atoms with E-state index in [0.29, 0.717) is 12.8 Å². The standard InChI is InChI=1S/C65H104N2O10P/c1-17-56-65(14,74)60(71)51(12)67(40-47(8)39-64(13,73)61(49(10)58(69)50(11)62(72)76-56)77-63-59(70)55(66(15)16)38-48(9)75-63)57(68)27-25-23-21-19-18-20-22-24-26-28-78(52-32-41(2)29-42(3)33-52,53-34-43(4)30-44(5)35-53)54-36-45(6)31-46(7)37-54/h29-37,47-51,55-56,58-61,63,69-71,73-74H,17-28,38-40H2,1-16H3/q+1/t47-,48-,49+,50-,51-,55+,56-,58+,59-,60-,61-,63+,64-,65-/m1/s1. The van der Waals surface area contributed by atoms with E-state index in [1.165, 1.54) is 76.0 Å². The lowest BCUT2D eigenvalue weighted by molar-refractivity contribution is -0.299. The van der Waals surface area contributed by atoms with Crippen molar-refractivity contribution in [3.05, 3.63) is 88.0 Å². The maximum Gasteiger partial charge on any atom is 0.311 e. The summed E-state index contributed by atoms with van der Waals surface area (Å²) in [5.74, 6) is -3.33. The minimum Gasteiger partial charge on any atom is -0.459 e. The van der Waals surface area contributed by atoms with Crippen molar-refractivity contribution in [2.45, 2.75) is 247 Å². The molecule has 3 aromatic carbocycles. The summed E-state index contributed by atoms with van der Waals surface area (Å²) in [5, 5.41) is 64.2. The monoisotopic (exact) mass is 1100 g/mol. The van der Waals surface area contributed by atoms with Crippen molar-refractivity contribution >= 4 is 35.1 Å². The highest BCUT2D eigenvalue weighted by Crippen LogP contribution is 2.57. The Bertz CT molecular complexity index is 2220. The zero-order chi connectivity index (χ0) is 58.0. The van der Waals surface area contributed by atoms with Gasteiger partial charge in [0.05, 0.1) is 42.0 Å². The molecule has 0 spiro atoms. The predicted octanol–water partition coefficient (Wildman–Crippen LogP) is 9.62. The molecule has 5 N–H and O–H groups in total. The lowest BCUT2D eigenvalue weighted by Gasteiger charge is -2.46. The average Bonchev–Trinajstić information content (AvgIpc) is 3.37. The molecule has 12 nitrogen and oxygen atoms in total. The second kappa shape index (κ2) is 28.6. The number of amides is 1. The predicted molar refractivity (Wildman–Crippen MR) is 319 cm³/mol. The van der Waals surface area contributed by atoms with Gasteiger partial charge in [-0.05, 0) is 204 Å². The van der Waals surface area contributed by atoms with Crippen LogP contribution in [0.25, 0.3) is 0 Å². The van der Waals surface area contributed by atoms with Crippen LogP contribution in [0.15, 0.2) is 54.6 Å². The summed E-state index contributed by atoms with van der Waals surface area (Å²) in [6.07, 6.45) is 3.90. The van der Waals surface area contributed by atoms with E-state index in [9.17, 15) is 35.1 Å². The van der Waals surface area contributed by atoms with Gasteiger partial charge in [-0.2, -0.15) is 0 Å². The van der Waals surface area contributed by atoms with E-state index in [1.54, 1.807) is 32.6 Å². The fourth-order valence-electron chi connectivity index (χ4n) is 13.2. The molecule has 0 bridgehead atoms. The number of rotatable bonds is 19. The average molecular weight is 1100 g/mol. The number of likely N-dealkylation sites (N-methyl/N-ethyl adjacent to an activating group) is 1. The molecule has 2 heterocycles. The number of aliphatic hydroxyl groups excluding tert-OH is 3. The van der Waals surface area contributed by atoms with Crippen LogP contribution in [-0.4, -0.2) is 140 Å². The lowest BCUT2D eigenvalue weighted by atomic mass is 9.78. The van der Waals surface area contributed by atoms with Gasteiger partial charge in [-0.15, -0.1) is 0 Å². The van der Waals surface area contributed by atoms with Crippen molar-refractivity contribution in [1.29, 1.82) is 0 Å². The first-order valence-electron chi connectivity index (χ1n) is 29.6. The van der Waals surface area contributed by atoms with E-state index in [1.807, 2.05) is 32.8 Å². The zero-order valence-electron chi connectivity index (χ0n) is 50.8. The van der Waals surface area contributed by atoms with Crippen LogP contribution in [0.4, 0.5) is 0 Å². The van der Waals surface area contributed by atoms with Gasteiger partial charge < -0.3 is 49.5 Å². The van der Waals surface area contributed by atoms with Crippen LogP contribution in [0.3, 0.4) is 0 Å². The number of carbonyl (C=O) groups excluding carboxylic acids is 2. The Morgan fingerprint density at radius 1 is 0.705 bits per heavy atom. The minimum atomic E-state index is -1.99. The number of carbonyl (C=O) groups is 2. The molecule has 0 saturated carbocycles. The van der Waals surface area contributed by atoms with Crippen LogP contribution >= 0.6 is 7.26 Å². The first-order valence-corrected chi connectivity index (χ1v) is 31.6. The van der Waals surface area contributed by atoms with Crippen molar-refractivity contribution in [2.24, 2.45) is 17.8 Å². The highest BCUT2D eigenvalue weighted by Gasteiger charge is 2.51. The molecule has 0 unspecified atom stereocenters. The summed E-state index contributed by atoms with van der Waals surface area (Å²) < 4.78 is 18.6. The molecule has 2 saturated heterocycles. The summed E-state index contributed by atoms with van der Waals surface area (Å²) in [7, 11) is 1.76. The smallest absolute Gasteiger partial charge is 0.311 e. The van der Waals surface area contributed by atoms with Crippen LogP contribution in [0.1, 0.15) is 172 Å². The van der Waals surface area contributed by atoms with Crippen molar-refractivity contribution in [3.63, 3.8) is 0 Å². The summed E-state index contributed by atoms with van der Waals surface area (Å²) in [4.78, 5) is 31.8. The van der Waals surface area contributed by atoms with Gasteiger partial charge in [0.25, 0.3) is 0 Å². The fraction of sp³-hybridized carbons (Fsp3) is 0.692. The zero-order valence-corrected chi connectivity index (χ0v) is 51.7. The number of benzene rings is 3. The molecule has 0 radical (unpaired) electrons. The first kappa shape index (κ1) is 65.5. The molecule has 3 aromatic rings. The normalized spacial score (nSPS) is 30.9. The van der Waals surface area contributed by atoms with Crippen LogP contribution < -0.4 is 15.9 Å². The molecule has 14 atom stereocenters. The number of nitrogens with zero attached hydrogens (tertiary/aromatic N) is 2. The van der Waals surface area contributed by atoms with E-state index in [4.69, 9.17) is 14.2 Å². The Morgan fingerprint density at radius 3 is 1.60 bits per heavy atom. The molecular weight excluding hydrogens is 1000 g/mol. The van der Waals surface area contributed by atoms with E-state index in [0.717, 1.165) is 44.7 Å². The van der Waals surface area contributed by atoms with Crippen molar-refractivity contribution in [3.8, 4) is 0 Å². The van der Waals surface area contributed by atoms with E-state index < -0.39 is 79.1 Å². The third-order valence-corrected chi connectivity index (χ3v) is 21.7. The quantitative estimate of drug-likeness (QED) is 0.0440. The van der Waals surface area contributed by atoms with Gasteiger partial charge in [0.15, 0.2) is 6.29 Å². The van der Waals surface area contributed by atoms with Crippen LogP contribution in [0, 0.1) is 59.3 Å². The van der Waals surface area contributed by atoms with Gasteiger partial charge in [0.2, 0.25) is 5.91 Å². The summed E-state index contributed by atoms with van der Waals surface area (Å²) >= 11 is 0. The largest absolute Gasteiger partial charge is 0.459 e. The van der Waals surface area contributed by atoms with Gasteiger partial charge in [-0.1, -0.05) is 77.5 Å². The van der Waals surface area contributed by atoms with Crippen LogP contribution in [-0.2, 0) is 23.8 Å². The van der Waals surface area contributed by atoms with Crippen LogP contribution in [0.5, 0.6) is 0 Å². The molecule has 438 valence electrons. The molecule has 78 heavy (non-hydrogen) atoms. The Kier molecular flexibility index (Phi) is 24.0. The van der Waals surface area contributed by atoms with Crippen molar-refractivity contribution in [2.75, 3.05) is 26.8 Å². The summed E-state index contributed by atoms with van der Waals surface area (Å²) in [5.41, 5.74) is 4.23. The van der Waals surface area contributed by atoms with Gasteiger partial charge >= 0.3 is 5.97 Å². The molecular formula is C65H104N2O10P+. The number of aliphatic hydroxyl groups is 5. The number of unbranched alkanes of at least 4 members (excludes halogenated alkanes) is 8. The Morgan fingerprint density at radius 2 is 1.15 bits per heavy atom. The van der Waals surface area contributed by atoms with Gasteiger partial charge in [-0.3, -0.25) is 9.59 Å². The number of cyclic esters (lactones) is 1. The summed E-state index contributed by atoms with van der Waals surface area (Å²) in [6.45, 7) is 27.0. The van der Waals surface area contributed by atoms with Crippen molar-refractivity contribution < 1.29 is 49.3 Å². The van der Waals surface area contributed by atoms with Gasteiger partial charge in [0.1, 0.15) is 47.1 Å². The molecule has 2 aliphatic heterocycles. The molecule has 0 aliphatic carbocycles. The molecule has 13 heteroatoms. The number of ether oxygens (including phenoxy) is 3. The number of esters is 1. The highest BCUT2D eigenvalue weighted by atomic mass is 31.2. The first-order chi connectivity index (χ1) is 36.5. The molecule has 2 aliphatic rings. The number of hydrogen-bond acceptors (Lipinski definition) is 11. The number of hydrogen-bond donors (Lipinski definition) is 5. The molecule has 0 aromatic heterocycles. The summed E-state index contributed by atoms with van der Waals surface area (Å²) in [6, 6.07) is 20.4. The second-order valence-electron chi connectivity index (χ2n) is 25.2. The lowest BCUT2D eigenvalue weighted by Crippen LogP contribution is -2.60. The van der Waals surface area contributed by atoms with Crippen LogP contribution in [0.2, 0.25) is 0 Å². The number of aryl methyl sites for hydroxylation is 6. The third kappa shape index (κ3) is 16.5. The van der Waals surface area contributed by atoms with E-state index in [-0.39, 0.29) is 49.8 Å². The minimum absolute atomic E-state index is 0.0945. The Balaban J connectivity index is 1.24. The van der Waals surface area contributed by atoms with Crippen molar-refractivity contribution in [1.82, 2.24) is 9.80 Å². The highest BCUT2D eigenvalue weighted by molar-refractivity contribution is 7.95. The molecule has 2 fully saturated rings. The second-order valence-corrected chi connectivity index (χ2v) is 28.8. The third-order valence-electron chi connectivity index (χ3n) is 17.3. The fourth-order valence-corrected chi connectivity index (χ4v) is 18.1. The SMILES string of the molecule is CC[C@H]1OC(=O)[C@H](C)[C@@H](O)[C@H](C)[C@@H](O[C@@H]2O[C@H](C)C[C@H](N(C)C)[C@H]2O)[C@](C)(O)C[C@@H](C)CN(C(=O)CCCCCCCCCCC[P+](c2cc(C)cc(C)c2)(c2cc(C)cc(C)c2)c2cc(C)cc(C)c2)[C@H](C)[C@@H](O)[C@]1(C)O.